The average molecular weight is 257 g/mol. The lowest BCUT2D eigenvalue weighted by Gasteiger charge is -2.30. The van der Waals surface area contributed by atoms with Crippen molar-refractivity contribution in [2.24, 2.45) is 0 Å². The highest BCUT2D eigenvalue weighted by Gasteiger charge is 2.28. The number of piperidine rings is 1. The maximum absolute atomic E-state index is 11.7. The summed E-state index contributed by atoms with van der Waals surface area (Å²) in [7, 11) is 0. The summed E-state index contributed by atoms with van der Waals surface area (Å²) in [6, 6.07) is 0. The normalized spacial score (nSPS) is 18.2. The number of hydrogen-bond donors (Lipinski definition) is 1. The number of likely N-dealkylation sites (tertiary alicyclic amines) is 1. The van der Waals surface area contributed by atoms with Gasteiger partial charge in [0.15, 0.2) is 5.78 Å². The molecule has 0 unspecified atom stereocenters. The van der Waals surface area contributed by atoms with E-state index in [0.29, 0.717) is 6.54 Å². The van der Waals surface area contributed by atoms with Gasteiger partial charge in [-0.15, -0.1) is 0 Å². The third-order valence-corrected chi connectivity index (χ3v) is 2.14. The molecule has 1 saturated heterocycles. The van der Waals surface area contributed by atoms with Crippen LogP contribution in [0.2, 0.25) is 0 Å². The topological polar surface area (TPSA) is 66.8 Å². The molecular weight excluding hydrogens is 234 g/mol. The Bertz CT molecular complexity index is 328. The van der Waals surface area contributed by atoms with Crippen LogP contribution in [0.1, 0.15) is 41.0 Å². The molecule has 1 rings (SSSR count). The third kappa shape index (κ3) is 5.21. The number of hydrogen-bond acceptors (Lipinski definition) is 4. The lowest BCUT2D eigenvalue weighted by molar-refractivity contribution is -0.117. The quantitative estimate of drug-likeness (QED) is 0.535. The second-order valence-electron chi connectivity index (χ2n) is 4.73. The van der Waals surface area contributed by atoms with Gasteiger partial charge in [-0.25, -0.2) is 4.79 Å². The first-order valence-corrected chi connectivity index (χ1v) is 6.18. The Morgan fingerprint density at radius 3 is 2.39 bits per heavy atom. The monoisotopic (exact) mass is 257 g/mol. The molecular formula is C13H23NO4. The highest BCUT2D eigenvalue weighted by molar-refractivity contribution is 5.97. The molecule has 0 radical (unpaired) electrons. The van der Waals surface area contributed by atoms with E-state index in [9.17, 15) is 9.59 Å². The Hall–Kier alpha value is -1.52. The van der Waals surface area contributed by atoms with Crippen LogP contribution in [0.25, 0.3) is 0 Å². The maximum Gasteiger partial charge on any atom is 0.410 e. The fourth-order valence-corrected chi connectivity index (χ4v) is 1.37. The summed E-state index contributed by atoms with van der Waals surface area (Å²) in [4.78, 5) is 24.3. The summed E-state index contributed by atoms with van der Waals surface area (Å²) in [6.07, 6.45) is 0.532. The Kier molecular flexibility index (Phi) is 6.44. The van der Waals surface area contributed by atoms with Crippen LogP contribution in [0.15, 0.2) is 11.8 Å². The van der Waals surface area contributed by atoms with Crippen molar-refractivity contribution >= 4 is 11.9 Å². The van der Waals surface area contributed by atoms with Gasteiger partial charge in [0.1, 0.15) is 5.60 Å². The molecule has 0 saturated carbocycles. The Balaban J connectivity index is 0.00000137. The molecule has 0 spiro atoms. The lowest BCUT2D eigenvalue weighted by Crippen LogP contribution is -2.43. The molecule has 0 bridgehead atoms. The van der Waals surface area contributed by atoms with E-state index in [2.05, 4.69) is 0 Å². The number of aliphatic hydroxyl groups is 1. The highest BCUT2D eigenvalue weighted by Crippen LogP contribution is 2.16. The summed E-state index contributed by atoms with van der Waals surface area (Å²) in [5, 5.41) is 8.83. The summed E-state index contributed by atoms with van der Waals surface area (Å²) in [5.41, 5.74) is -0.307. The predicted octanol–water partition coefficient (Wildman–Crippen LogP) is 2.66. The zero-order chi connectivity index (χ0) is 14.3. The van der Waals surface area contributed by atoms with Crippen LogP contribution < -0.4 is 0 Å². The number of rotatable bonds is 0. The molecule has 1 aliphatic rings. The third-order valence-electron chi connectivity index (χ3n) is 2.14. The van der Waals surface area contributed by atoms with Crippen molar-refractivity contribution in [1.29, 1.82) is 0 Å². The first-order chi connectivity index (χ1) is 8.33. The van der Waals surface area contributed by atoms with Crippen molar-refractivity contribution < 1.29 is 19.4 Å². The fourth-order valence-electron chi connectivity index (χ4n) is 1.37. The van der Waals surface area contributed by atoms with Crippen molar-refractivity contribution in [2.45, 2.75) is 46.6 Å². The minimum absolute atomic E-state index is 0.115. The first kappa shape index (κ1) is 16.5. The molecule has 1 aliphatic heterocycles. The number of aliphatic hydroxyl groups excluding tert-OH is 1. The maximum atomic E-state index is 11.7. The van der Waals surface area contributed by atoms with Gasteiger partial charge in [-0.2, -0.15) is 0 Å². The van der Waals surface area contributed by atoms with Gasteiger partial charge < -0.3 is 14.7 Å². The van der Waals surface area contributed by atoms with Crippen LogP contribution in [0, 0.1) is 0 Å². The average Bonchev–Trinajstić information content (AvgIpc) is 2.30. The van der Waals surface area contributed by atoms with Crippen LogP contribution in [0.3, 0.4) is 0 Å². The van der Waals surface area contributed by atoms with Crippen molar-refractivity contribution in [2.75, 3.05) is 13.1 Å². The molecule has 1 N–H and O–H groups in total. The standard InChI is InChI=1S/C11H17NO4.C2H6/c1-11(2,3)16-10(15)12-5-4-9(14)8(6-12)7-13;1-2/h7,13H,4-6H2,1-3H3;1-2H3/b8-7+;. The first-order valence-electron chi connectivity index (χ1n) is 6.18. The molecule has 0 aromatic carbocycles. The van der Waals surface area contributed by atoms with Crippen LogP contribution in [0.5, 0.6) is 0 Å². The predicted molar refractivity (Wildman–Crippen MR) is 69.5 cm³/mol. The van der Waals surface area contributed by atoms with Gasteiger partial charge in [-0.05, 0) is 20.8 Å². The van der Waals surface area contributed by atoms with Crippen molar-refractivity contribution in [3.63, 3.8) is 0 Å². The zero-order valence-corrected chi connectivity index (χ0v) is 11.8. The van der Waals surface area contributed by atoms with E-state index in [1.54, 1.807) is 20.8 Å². The van der Waals surface area contributed by atoms with Gasteiger partial charge in [0.2, 0.25) is 0 Å². The van der Waals surface area contributed by atoms with Crippen molar-refractivity contribution in [3.8, 4) is 0 Å². The molecule has 0 aromatic rings. The lowest BCUT2D eigenvalue weighted by atomic mass is 10.1. The summed E-state index contributed by atoms with van der Waals surface area (Å²) < 4.78 is 5.17. The molecule has 5 heteroatoms. The van der Waals surface area contributed by atoms with Gasteiger partial charge in [0, 0.05) is 18.5 Å². The van der Waals surface area contributed by atoms with Crippen LogP contribution >= 0.6 is 0 Å². The van der Waals surface area contributed by atoms with E-state index in [-0.39, 0.29) is 24.3 Å². The molecule has 0 atom stereocenters. The molecule has 5 nitrogen and oxygen atoms in total. The van der Waals surface area contributed by atoms with E-state index in [1.165, 1.54) is 4.90 Å². The van der Waals surface area contributed by atoms with Gasteiger partial charge in [-0.1, -0.05) is 13.8 Å². The molecule has 1 amide bonds. The van der Waals surface area contributed by atoms with Gasteiger partial charge in [0.25, 0.3) is 0 Å². The number of ketones is 1. The van der Waals surface area contributed by atoms with E-state index in [1.807, 2.05) is 13.8 Å². The molecule has 18 heavy (non-hydrogen) atoms. The fraction of sp³-hybridized carbons (Fsp3) is 0.692. The summed E-state index contributed by atoms with van der Waals surface area (Å²) in [6.45, 7) is 9.80. The largest absolute Gasteiger partial charge is 0.515 e. The van der Waals surface area contributed by atoms with E-state index in [0.717, 1.165) is 6.26 Å². The van der Waals surface area contributed by atoms with Gasteiger partial charge in [-0.3, -0.25) is 4.79 Å². The number of Topliss-reactive ketones (excluding diaryl/α,β-unsaturated/α-hetero) is 1. The molecule has 0 aromatic heterocycles. The number of carbonyl (C=O) groups excluding carboxylic acids is 2. The molecule has 1 fully saturated rings. The van der Waals surface area contributed by atoms with Gasteiger partial charge in [0.05, 0.1) is 12.8 Å². The SMILES string of the molecule is CC.CC(C)(C)OC(=O)N1CCC(=O)/C(=C/O)C1. The van der Waals surface area contributed by atoms with E-state index in [4.69, 9.17) is 9.84 Å². The zero-order valence-electron chi connectivity index (χ0n) is 11.8. The number of ether oxygens (including phenoxy) is 1. The minimum Gasteiger partial charge on any atom is -0.515 e. The van der Waals surface area contributed by atoms with Crippen molar-refractivity contribution in [1.82, 2.24) is 4.90 Å². The van der Waals surface area contributed by atoms with E-state index >= 15 is 0 Å². The van der Waals surface area contributed by atoms with Crippen LogP contribution in [-0.4, -0.2) is 40.6 Å². The van der Waals surface area contributed by atoms with Crippen LogP contribution in [-0.2, 0) is 9.53 Å². The molecule has 1 heterocycles. The minimum atomic E-state index is -0.554. The van der Waals surface area contributed by atoms with Crippen molar-refractivity contribution in [3.05, 3.63) is 11.8 Å². The Morgan fingerprint density at radius 1 is 1.39 bits per heavy atom. The second kappa shape index (κ2) is 7.03. The number of carbonyl (C=O) groups is 2. The second-order valence-corrected chi connectivity index (χ2v) is 4.73. The molecule has 104 valence electrons. The smallest absolute Gasteiger partial charge is 0.410 e. The van der Waals surface area contributed by atoms with Gasteiger partial charge >= 0.3 is 6.09 Å². The molecule has 0 aliphatic carbocycles. The Morgan fingerprint density at radius 2 is 1.94 bits per heavy atom. The Labute approximate surface area is 108 Å². The number of nitrogens with zero attached hydrogens (tertiary/aromatic N) is 1. The van der Waals surface area contributed by atoms with Crippen LogP contribution in [0.4, 0.5) is 4.79 Å². The summed E-state index contributed by atoms with van der Waals surface area (Å²) >= 11 is 0. The highest BCUT2D eigenvalue weighted by atomic mass is 16.6. The number of amides is 1. The summed E-state index contributed by atoms with van der Waals surface area (Å²) in [5.74, 6) is -0.123. The van der Waals surface area contributed by atoms with E-state index < -0.39 is 11.7 Å².